The standard InChI is InChI=1S/C19H28ClFN2O/c1-19(2,3)6-9-23-7-4-14(5-8-23)13-22-18(24)15-10-16(20)12-17(21)11-15/h10-12,14H,4-9,13H2,1-3H3,(H,22,24). The number of benzene rings is 1. The molecular formula is C19H28ClFN2O. The highest BCUT2D eigenvalue weighted by Gasteiger charge is 2.21. The van der Waals surface area contributed by atoms with Crippen LogP contribution in [0.4, 0.5) is 4.39 Å². The Bertz CT molecular complexity index is 543. The van der Waals surface area contributed by atoms with Crippen LogP contribution < -0.4 is 5.32 Å². The van der Waals surface area contributed by atoms with Gasteiger partial charge >= 0.3 is 0 Å². The highest BCUT2D eigenvalue weighted by Crippen LogP contribution is 2.22. The Hall–Kier alpha value is -1.13. The van der Waals surface area contributed by atoms with Crippen LogP contribution in [0.25, 0.3) is 0 Å². The predicted molar refractivity (Wildman–Crippen MR) is 97.0 cm³/mol. The monoisotopic (exact) mass is 354 g/mol. The van der Waals surface area contributed by atoms with Crippen LogP contribution in [-0.4, -0.2) is 37.0 Å². The van der Waals surface area contributed by atoms with E-state index in [0.717, 1.165) is 32.5 Å². The van der Waals surface area contributed by atoms with Crippen molar-refractivity contribution >= 4 is 17.5 Å². The van der Waals surface area contributed by atoms with Crippen LogP contribution in [0.15, 0.2) is 18.2 Å². The molecule has 5 heteroatoms. The first-order valence-electron chi connectivity index (χ1n) is 8.69. The third-order valence-electron chi connectivity index (χ3n) is 4.56. The van der Waals surface area contributed by atoms with Gasteiger partial charge in [0.05, 0.1) is 0 Å². The second-order valence-corrected chi connectivity index (χ2v) is 8.40. The van der Waals surface area contributed by atoms with Crippen molar-refractivity contribution in [2.75, 3.05) is 26.2 Å². The van der Waals surface area contributed by atoms with Gasteiger partial charge in [-0.25, -0.2) is 4.39 Å². The van der Waals surface area contributed by atoms with Gasteiger partial charge in [-0.2, -0.15) is 0 Å². The third-order valence-corrected chi connectivity index (χ3v) is 4.78. The van der Waals surface area contributed by atoms with Crippen molar-refractivity contribution in [3.05, 3.63) is 34.6 Å². The van der Waals surface area contributed by atoms with Crippen molar-refractivity contribution in [3.8, 4) is 0 Å². The maximum Gasteiger partial charge on any atom is 0.251 e. The van der Waals surface area contributed by atoms with Gasteiger partial charge in [-0.05, 0) is 68.4 Å². The zero-order valence-corrected chi connectivity index (χ0v) is 15.6. The zero-order chi connectivity index (χ0) is 17.7. The molecule has 3 nitrogen and oxygen atoms in total. The number of likely N-dealkylation sites (tertiary alicyclic amines) is 1. The summed E-state index contributed by atoms with van der Waals surface area (Å²) < 4.78 is 13.3. The summed E-state index contributed by atoms with van der Waals surface area (Å²) in [6.07, 6.45) is 3.39. The number of rotatable bonds is 5. The minimum Gasteiger partial charge on any atom is -0.352 e. The smallest absolute Gasteiger partial charge is 0.251 e. The zero-order valence-electron chi connectivity index (χ0n) is 14.9. The summed E-state index contributed by atoms with van der Waals surface area (Å²) in [5, 5.41) is 3.15. The molecule has 1 N–H and O–H groups in total. The summed E-state index contributed by atoms with van der Waals surface area (Å²) in [5.74, 6) is -0.254. The van der Waals surface area contributed by atoms with Gasteiger partial charge in [-0.15, -0.1) is 0 Å². The normalized spacial score (nSPS) is 17.0. The molecule has 0 unspecified atom stereocenters. The topological polar surface area (TPSA) is 32.3 Å². The molecule has 2 rings (SSSR count). The van der Waals surface area contributed by atoms with Gasteiger partial charge in [0.2, 0.25) is 0 Å². The van der Waals surface area contributed by atoms with Crippen LogP contribution in [-0.2, 0) is 0 Å². The molecule has 1 fully saturated rings. The lowest BCUT2D eigenvalue weighted by atomic mass is 9.91. The Balaban J connectivity index is 1.73. The van der Waals surface area contributed by atoms with Crippen LogP contribution in [0.2, 0.25) is 5.02 Å². The number of carbonyl (C=O) groups excluding carboxylic acids is 1. The number of nitrogens with zero attached hydrogens (tertiary/aromatic N) is 1. The number of carbonyl (C=O) groups is 1. The first-order valence-corrected chi connectivity index (χ1v) is 9.07. The molecule has 1 aromatic rings. The fourth-order valence-electron chi connectivity index (χ4n) is 2.93. The van der Waals surface area contributed by atoms with Crippen LogP contribution in [0, 0.1) is 17.2 Å². The molecule has 1 aliphatic heterocycles. The first-order chi connectivity index (χ1) is 11.2. The summed E-state index contributed by atoms with van der Waals surface area (Å²) in [6.45, 7) is 10.8. The molecule has 24 heavy (non-hydrogen) atoms. The third kappa shape index (κ3) is 6.40. The lowest BCUT2D eigenvalue weighted by Crippen LogP contribution is -2.39. The Morgan fingerprint density at radius 3 is 2.54 bits per heavy atom. The van der Waals surface area contributed by atoms with Crippen molar-refractivity contribution in [2.45, 2.75) is 40.0 Å². The predicted octanol–water partition coefficient (Wildman–Crippen LogP) is 4.36. The Morgan fingerprint density at radius 2 is 1.96 bits per heavy atom. The van der Waals surface area contributed by atoms with Crippen LogP contribution in [0.3, 0.4) is 0 Å². The largest absolute Gasteiger partial charge is 0.352 e. The first kappa shape index (κ1) is 19.2. The Labute approximate surface area is 149 Å². The van der Waals surface area contributed by atoms with Gasteiger partial charge in [0, 0.05) is 17.1 Å². The summed E-state index contributed by atoms with van der Waals surface area (Å²) in [5.41, 5.74) is 0.652. The van der Waals surface area contributed by atoms with Crippen LogP contribution in [0.1, 0.15) is 50.4 Å². The van der Waals surface area contributed by atoms with E-state index in [2.05, 4.69) is 31.0 Å². The van der Waals surface area contributed by atoms with E-state index in [0.29, 0.717) is 17.9 Å². The summed E-state index contributed by atoms with van der Waals surface area (Å²) in [6, 6.07) is 3.91. The van der Waals surface area contributed by atoms with Crippen LogP contribution >= 0.6 is 11.6 Å². The summed E-state index contributed by atoms with van der Waals surface area (Å²) in [7, 11) is 0. The Morgan fingerprint density at radius 1 is 1.29 bits per heavy atom. The van der Waals surface area contributed by atoms with Crippen molar-refractivity contribution < 1.29 is 9.18 Å². The van der Waals surface area contributed by atoms with Gasteiger partial charge in [0.15, 0.2) is 0 Å². The van der Waals surface area contributed by atoms with E-state index in [9.17, 15) is 9.18 Å². The number of hydrogen-bond acceptors (Lipinski definition) is 2. The number of hydrogen-bond donors (Lipinski definition) is 1. The minimum absolute atomic E-state index is 0.243. The second-order valence-electron chi connectivity index (χ2n) is 7.96. The average molecular weight is 355 g/mol. The molecule has 0 radical (unpaired) electrons. The van der Waals surface area contributed by atoms with E-state index >= 15 is 0 Å². The highest BCUT2D eigenvalue weighted by atomic mass is 35.5. The minimum atomic E-state index is -0.486. The molecule has 0 aliphatic carbocycles. The number of piperidine rings is 1. The van der Waals surface area contributed by atoms with Crippen LogP contribution in [0.5, 0.6) is 0 Å². The lowest BCUT2D eigenvalue weighted by Gasteiger charge is -2.33. The molecule has 1 amide bonds. The molecular weight excluding hydrogens is 327 g/mol. The SMILES string of the molecule is CC(C)(C)CCN1CCC(CNC(=O)c2cc(F)cc(Cl)c2)CC1. The van der Waals surface area contributed by atoms with Crippen molar-refractivity contribution in [3.63, 3.8) is 0 Å². The molecule has 1 saturated heterocycles. The van der Waals surface area contributed by atoms with E-state index in [-0.39, 0.29) is 16.5 Å². The lowest BCUT2D eigenvalue weighted by molar-refractivity contribution is 0.0933. The maximum absolute atomic E-state index is 13.3. The number of nitrogens with one attached hydrogen (secondary N) is 1. The van der Waals surface area contributed by atoms with Gasteiger partial charge in [-0.3, -0.25) is 4.79 Å². The highest BCUT2D eigenvalue weighted by molar-refractivity contribution is 6.31. The average Bonchev–Trinajstić information content (AvgIpc) is 2.50. The maximum atomic E-state index is 13.3. The van der Waals surface area contributed by atoms with Gasteiger partial charge in [0.1, 0.15) is 5.82 Å². The molecule has 1 heterocycles. The van der Waals surface area contributed by atoms with E-state index in [1.165, 1.54) is 24.6 Å². The van der Waals surface area contributed by atoms with E-state index in [1.807, 2.05) is 0 Å². The molecule has 0 bridgehead atoms. The molecule has 134 valence electrons. The molecule has 0 aromatic heterocycles. The second kappa shape index (κ2) is 8.30. The fraction of sp³-hybridized carbons (Fsp3) is 0.632. The van der Waals surface area contributed by atoms with Crippen molar-refractivity contribution in [1.82, 2.24) is 10.2 Å². The number of halogens is 2. The van der Waals surface area contributed by atoms with E-state index in [1.54, 1.807) is 0 Å². The molecule has 0 atom stereocenters. The van der Waals surface area contributed by atoms with Gasteiger partial charge in [-0.1, -0.05) is 32.4 Å². The molecule has 0 spiro atoms. The van der Waals surface area contributed by atoms with Gasteiger partial charge in [0.25, 0.3) is 5.91 Å². The van der Waals surface area contributed by atoms with Crippen molar-refractivity contribution in [1.29, 1.82) is 0 Å². The molecule has 0 saturated carbocycles. The Kier molecular flexibility index (Phi) is 6.64. The summed E-state index contributed by atoms with van der Waals surface area (Å²) in [4.78, 5) is 14.6. The number of amides is 1. The fourth-order valence-corrected chi connectivity index (χ4v) is 3.15. The van der Waals surface area contributed by atoms with E-state index < -0.39 is 5.82 Å². The molecule has 1 aromatic carbocycles. The van der Waals surface area contributed by atoms with E-state index in [4.69, 9.17) is 11.6 Å². The summed E-state index contributed by atoms with van der Waals surface area (Å²) >= 11 is 5.80. The molecule has 1 aliphatic rings. The van der Waals surface area contributed by atoms with Crippen molar-refractivity contribution in [2.24, 2.45) is 11.3 Å². The van der Waals surface area contributed by atoms with Gasteiger partial charge < -0.3 is 10.2 Å². The quantitative estimate of drug-likeness (QED) is 0.852.